The van der Waals surface area contributed by atoms with Gasteiger partial charge < -0.3 is 0 Å². The van der Waals surface area contributed by atoms with Crippen LogP contribution in [0.4, 0.5) is 0 Å². The zero-order valence-corrected chi connectivity index (χ0v) is 15.6. The lowest BCUT2D eigenvalue weighted by atomic mass is 9.99. The Bertz CT molecular complexity index is 979. The molecule has 3 aromatic rings. The third kappa shape index (κ3) is 3.21. The van der Waals surface area contributed by atoms with E-state index in [-0.39, 0.29) is 11.7 Å². The maximum atomic E-state index is 12.2. The Morgan fingerprint density at radius 3 is 2.96 bits per heavy atom. The van der Waals surface area contributed by atoms with Crippen LogP contribution >= 0.6 is 11.3 Å². The number of piperidine rings is 1. The van der Waals surface area contributed by atoms with Gasteiger partial charge in [-0.1, -0.05) is 6.07 Å². The van der Waals surface area contributed by atoms with Crippen molar-refractivity contribution in [2.45, 2.75) is 25.7 Å². The summed E-state index contributed by atoms with van der Waals surface area (Å²) in [5.41, 5.74) is 1.91. The van der Waals surface area contributed by atoms with Gasteiger partial charge in [0.05, 0.1) is 5.75 Å². The average Bonchev–Trinajstić information content (AvgIpc) is 3.30. The normalized spacial score (nSPS) is 19.5. The van der Waals surface area contributed by atoms with E-state index in [1.807, 2.05) is 24.4 Å². The number of hydrogen-bond donors (Lipinski definition) is 0. The van der Waals surface area contributed by atoms with E-state index in [2.05, 4.69) is 21.5 Å². The Labute approximate surface area is 151 Å². The molecule has 0 unspecified atom stereocenters. The van der Waals surface area contributed by atoms with E-state index in [0.29, 0.717) is 13.1 Å². The lowest BCUT2D eigenvalue weighted by Gasteiger charge is -2.30. The van der Waals surface area contributed by atoms with Crippen molar-refractivity contribution in [1.29, 1.82) is 0 Å². The molecule has 1 aliphatic heterocycles. The van der Waals surface area contributed by atoms with Gasteiger partial charge in [0.15, 0.2) is 11.5 Å². The predicted molar refractivity (Wildman–Crippen MR) is 99.3 cm³/mol. The molecule has 0 spiro atoms. The van der Waals surface area contributed by atoms with E-state index in [1.54, 1.807) is 27.1 Å². The number of fused-ring (bicyclic) bond motifs is 1. The van der Waals surface area contributed by atoms with Gasteiger partial charge in [-0.05, 0) is 43.3 Å². The average molecular weight is 377 g/mol. The van der Waals surface area contributed by atoms with Crippen molar-refractivity contribution in [1.82, 2.24) is 18.9 Å². The minimum Gasteiger partial charge on any atom is -0.220 e. The maximum Gasteiger partial charge on any atom is 0.213 e. The molecule has 1 fully saturated rings. The van der Waals surface area contributed by atoms with Crippen LogP contribution < -0.4 is 0 Å². The summed E-state index contributed by atoms with van der Waals surface area (Å²) >= 11 is 1.69. The standard InChI is InChI=1S/C17H20N4O2S2/c1-2-25(22,23)20-9-3-5-14(11-20)17-18-16-8-7-13(12-21(16)19-17)15-6-4-10-24-15/h4,6-8,10,12,14H,2-3,5,9,11H2,1H3/t14-/m1/s1. The van der Waals surface area contributed by atoms with Crippen LogP contribution in [0.15, 0.2) is 35.8 Å². The van der Waals surface area contributed by atoms with Gasteiger partial charge in [-0.15, -0.1) is 11.3 Å². The lowest BCUT2D eigenvalue weighted by Crippen LogP contribution is -2.40. The molecule has 1 aliphatic rings. The molecule has 8 heteroatoms. The summed E-state index contributed by atoms with van der Waals surface area (Å²) in [6.07, 6.45) is 3.76. The van der Waals surface area contributed by atoms with E-state index in [0.717, 1.165) is 29.9 Å². The minimum atomic E-state index is -3.16. The first-order valence-corrected chi connectivity index (χ1v) is 10.9. The number of hydrogen-bond acceptors (Lipinski definition) is 5. The molecule has 132 valence electrons. The Kier molecular flexibility index (Phi) is 4.35. The monoisotopic (exact) mass is 376 g/mol. The quantitative estimate of drug-likeness (QED) is 0.702. The van der Waals surface area contributed by atoms with E-state index in [9.17, 15) is 8.42 Å². The van der Waals surface area contributed by atoms with Crippen LogP contribution in [0.2, 0.25) is 0 Å². The fraction of sp³-hybridized carbons (Fsp3) is 0.412. The number of pyridine rings is 1. The molecule has 4 rings (SSSR count). The van der Waals surface area contributed by atoms with Crippen LogP contribution in [0.5, 0.6) is 0 Å². The molecule has 4 heterocycles. The van der Waals surface area contributed by atoms with Gasteiger partial charge in [0.2, 0.25) is 10.0 Å². The molecule has 0 aromatic carbocycles. The molecular weight excluding hydrogens is 356 g/mol. The fourth-order valence-corrected chi connectivity index (χ4v) is 5.15. The number of sulfonamides is 1. The Balaban J connectivity index is 1.63. The first kappa shape index (κ1) is 16.7. The Morgan fingerprint density at radius 2 is 2.20 bits per heavy atom. The summed E-state index contributed by atoms with van der Waals surface area (Å²) in [6, 6.07) is 8.13. The van der Waals surface area contributed by atoms with Gasteiger partial charge in [0.1, 0.15) is 0 Å². The predicted octanol–water partition coefficient (Wildman–Crippen LogP) is 2.99. The van der Waals surface area contributed by atoms with Crippen LogP contribution in [0, 0.1) is 0 Å². The highest BCUT2D eigenvalue weighted by atomic mass is 32.2. The van der Waals surface area contributed by atoms with Crippen LogP contribution in [0.3, 0.4) is 0 Å². The highest BCUT2D eigenvalue weighted by Gasteiger charge is 2.30. The van der Waals surface area contributed by atoms with Crippen LogP contribution in [-0.2, 0) is 10.0 Å². The highest BCUT2D eigenvalue weighted by Crippen LogP contribution is 2.28. The highest BCUT2D eigenvalue weighted by molar-refractivity contribution is 7.89. The van der Waals surface area contributed by atoms with Crippen molar-refractivity contribution in [3.05, 3.63) is 41.7 Å². The summed E-state index contributed by atoms with van der Waals surface area (Å²) in [5.74, 6) is 0.933. The Hall–Kier alpha value is -1.77. The van der Waals surface area contributed by atoms with Crippen molar-refractivity contribution < 1.29 is 8.42 Å². The molecule has 6 nitrogen and oxygen atoms in total. The SMILES string of the molecule is CCS(=O)(=O)N1CCC[C@@H](c2nc3ccc(-c4cccs4)cn3n2)C1. The smallest absolute Gasteiger partial charge is 0.213 e. The maximum absolute atomic E-state index is 12.2. The fourth-order valence-electron chi connectivity index (χ4n) is 3.25. The zero-order chi connectivity index (χ0) is 17.4. The first-order valence-electron chi connectivity index (χ1n) is 8.45. The third-order valence-corrected chi connectivity index (χ3v) is 7.43. The molecule has 0 bridgehead atoms. The number of nitrogens with zero attached hydrogens (tertiary/aromatic N) is 4. The van der Waals surface area contributed by atoms with Crippen LogP contribution in [0.1, 0.15) is 31.5 Å². The number of rotatable bonds is 4. The van der Waals surface area contributed by atoms with Gasteiger partial charge in [-0.2, -0.15) is 5.10 Å². The molecule has 25 heavy (non-hydrogen) atoms. The van der Waals surface area contributed by atoms with Gasteiger partial charge in [-0.3, -0.25) is 0 Å². The van der Waals surface area contributed by atoms with Gasteiger partial charge >= 0.3 is 0 Å². The molecule has 1 atom stereocenters. The Morgan fingerprint density at radius 1 is 1.32 bits per heavy atom. The summed E-state index contributed by atoms with van der Waals surface area (Å²) in [6.45, 7) is 2.77. The molecule has 0 aliphatic carbocycles. The van der Waals surface area contributed by atoms with Crippen molar-refractivity contribution >= 4 is 27.0 Å². The molecule has 0 N–H and O–H groups in total. The van der Waals surface area contributed by atoms with Crippen LogP contribution in [0.25, 0.3) is 16.1 Å². The van der Waals surface area contributed by atoms with Gasteiger partial charge in [0.25, 0.3) is 0 Å². The first-order chi connectivity index (χ1) is 12.1. The zero-order valence-electron chi connectivity index (χ0n) is 14.0. The number of thiophene rings is 1. The molecule has 0 saturated carbocycles. The van der Waals surface area contributed by atoms with Crippen molar-refractivity contribution in [3.63, 3.8) is 0 Å². The van der Waals surface area contributed by atoms with E-state index < -0.39 is 10.0 Å². The molecule has 0 amide bonds. The minimum absolute atomic E-state index is 0.0557. The van der Waals surface area contributed by atoms with Gasteiger partial charge in [0, 0.05) is 35.6 Å². The summed E-state index contributed by atoms with van der Waals surface area (Å²) in [7, 11) is -3.16. The molecular formula is C17H20N4O2S2. The summed E-state index contributed by atoms with van der Waals surface area (Å²) in [4.78, 5) is 5.83. The molecule has 0 radical (unpaired) electrons. The summed E-state index contributed by atoms with van der Waals surface area (Å²) in [5, 5.41) is 6.69. The van der Waals surface area contributed by atoms with E-state index >= 15 is 0 Å². The molecule has 3 aromatic heterocycles. The van der Waals surface area contributed by atoms with Crippen molar-refractivity contribution in [2.24, 2.45) is 0 Å². The van der Waals surface area contributed by atoms with Crippen LogP contribution in [-0.4, -0.2) is 46.2 Å². The second-order valence-electron chi connectivity index (χ2n) is 6.27. The number of aromatic nitrogens is 3. The third-order valence-electron chi connectivity index (χ3n) is 4.66. The van der Waals surface area contributed by atoms with E-state index in [4.69, 9.17) is 0 Å². The second kappa shape index (κ2) is 6.51. The summed E-state index contributed by atoms with van der Waals surface area (Å²) < 4.78 is 27.7. The lowest BCUT2D eigenvalue weighted by molar-refractivity contribution is 0.309. The van der Waals surface area contributed by atoms with Crippen molar-refractivity contribution in [3.8, 4) is 10.4 Å². The molecule has 1 saturated heterocycles. The topological polar surface area (TPSA) is 67.6 Å². The van der Waals surface area contributed by atoms with Crippen molar-refractivity contribution in [2.75, 3.05) is 18.8 Å². The van der Waals surface area contributed by atoms with E-state index in [1.165, 1.54) is 4.88 Å². The second-order valence-corrected chi connectivity index (χ2v) is 9.47. The van der Waals surface area contributed by atoms with Gasteiger partial charge in [-0.25, -0.2) is 22.2 Å². The largest absolute Gasteiger partial charge is 0.220 e.